The highest BCUT2D eigenvalue weighted by Gasteiger charge is 2.60. The lowest BCUT2D eigenvalue weighted by atomic mass is 9.70. The Morgan fingerprint density at radius 1 is 0.621 bits per heavy atom. The molecule has 29 heavy (non-hydrogen) atoms. The second kappa shape index (κ2) is 8.89. The van der Waals surface area contributed by atoms with Gasteiger partial charge in [-0.1, -0.05) is 27.7 Å². The molecule has 4 rings (SSSR count). The van der Waals surface area contributed by atoms with Crippen molar-refractivity contribution in [1.82, 2.24) is 9.13 Å². The lowest BCUT2D eigenvalue weighted by molar-refractivity contribution is -0.0384. The molecule has 0 spiro atoms. The van der Waals surface area contributed by atoms with Gasteiger partial charge in [-0.25, -0.2) is 0 Å². The Hall–Kier alpha value is 0.0569. The molecule has 2 aliphatic carbocycles. The molecule has 4 nitrogen and oxygen atoms in total. The number of nitrogens with zero attached hydrogens (tertiary/aromatic N) is 2. The molecule has 2 saturated carbocycles. The number of hydrogen-bond acceptors (Lipinski definition) is 4. The number of piperidine rings is 2. The van der Waals surface area contributed by atoms with Crippen LogP contribution >= 0.6 is 0 Å². The highest BCUT2D eigenvalue weighted by Crippen LogP contribution is 2.47. The van der Waals surface area contributed by atoms with Gasteiger partial charge in [-0.2, -0.15) is 0 Å². The van der Waals surface area contributed by atoms with E-state index in [1.54, 1.807) is 0 Å². The molecule has 0 N–H and O–H groups in total. The second-order valence-electron chi connectivity index (χ2n) is 11.2. The van der Waals surface area contributed by atoms with Crippen molar-refractivity contribution in [1.29, 1.82) is 0 Å². The first-order valence-corrected chi connectivity index (χ1v) is 14.3. The van der Waals surface area contributed by atoms with Gasteiger partial charge < -0.3 is 8.85 Å². The van der Waals surface area contributed by atoms with Gasteiger partial charge in [0, 0.05) is 26.3 Å². The Bertz CT molecular complexity index is 513. The zero-order chi connectivity index (χ0) is 20.8. The number of rotatable bonds is 4. The zero-order valence-electron chi connectivity index (χ0n) is 19.9. The van der Waals surface area contributed by atoms with E-state index in [1.165, 1.54) is 51.4 Å². The summed E-state index contributed by atoms with van der Waals surface area (Å²) >= 11 is 0. The normalized spacial score (nSPS) is 44.9. The Morgan fingerprint density at radius 3 is 1.41 bits per heavy atom. The lowest BCUT2D eigenvalue weighted by Gasteiger charge is -2.59. The molecule has 0 bridgehead atoms. The summed E-state index contributed by atoms with van der Waals surface area (Å²) in [6.45, 7) is 12.2. The summed E-state index contributed by atoms with van der Waals surface area (Å²) in [7, 11) is 1.31. The molecular weight excluding hydrogens is 376 g/mol. The van der Waals surface area contributed by atoms with Crippen molar-refractivity contribution in [3.8, 4) is 0 Å². The second-order valence-corrected chi connectivity index (χ2v) is 14.2. The van der Waals surface area contributed by atoms with E-state index in [2.05, 4.69) is 36.8 Å². The van der Waals surface area contributed by atoms with Gasteiger partial charge in [0.25, 0.3) is 0 Å². The van der Waals surface area contributed by atoms with Gasteiger partial charge in [-0.3, -0.25) is 9.13 Å². The first-order chi connectivity index (χ1) is 13.9. The minimum absolute atomic E-state index is 0.654. The van der Waals surface area contributed by atoms with Crippen LogP contribution in [0.3, 0.4) is 0 Å². The van der Waals surface area contributed by atoms with Gasteiger partial charge in [-0.15, -0.1) is 0 Å². The predicted octanol–water partition coefficient (Wildman–Crippen LogP) is 5.01. The Balaban J connectivity index is 1.65. The molecule has 0 radical (unpaired) electrons. The van der Waals surface area contributed by atoms with Crippen LogP contribution in [-0.2, 0) is 8.85 Å². The van der Waals surface area contributed by atoms with Gasteiger partial charge in [0.2, 0.25) is 0 Å². The minimum atomic E-state index is -2.59. The molecule has 2 aliphatic heterocycles. The summed E-state index contributed by atoms with van der Waals surface area (Å²) in [4.78, 5) is 0. The first-order valence-electron chi connectivity index (χ1n) is 12.5. The fourth-order valence-corrected chi connectivity index (χ4v) is 11.4. The fraction of sp³-hybridized carbons (Fsp3) is 1.00. The predicted molar refractivity (Wildman–Crippen MR) is 121 cm³/mol. The summed E-state index contributed by atoms with van der Waals surface area (Å²) in [5.74, 6) is 5.05. The molecule has 4 aliphatic rings. The van der Waals surface area contributed by atoms with Crippen LogP contribution in [0.1, 0.15) is 79.1 Å². The molecule has 0 aromatic carbocycles. The molecule has 168 valence electrons. The van der Waals surface area contributed by atoms with Crippen molar-refractivity contribution in [2.24, 2.45) is 35.5 Å². The minimum Gasteiger partial charge on any atom is -0.374 e. The van der Waals surface area contributed by atoms with Crippen LogP contribution in [0.5, 0.6) is 0 Å². The maximum atomic E-state index is 6.56. The number of fused-ring (bicyclic) bond motifs is 2. The van der Waals surface area contributed by atoms with Crippen LogP contribution in [0.15, 0.2) is 0 Å². The van der Waals surface area contributed by atoms with Crippen molar-refractivity contribution in [3.63, 3.8) is 0 Å². The van der Waals surface area contributed by atoms with E-state index >= 15 is 0 Å². The van der Waals surface area contributed by atoms with Crippen LogP contribution in [0.4, 0.5) is 0 Å². The summed E-state index contributed by atoms with van der Waals surface area (Å²) in [5.41, 5.74) is 0. The summed E-state index contributed by atoms with van der Waals surface area (Å²) < 4.78 is 18.7. The standard InChI is InChI=1S/C24H46N2O2Si/c1-17-7-9-23-21(15-17)19(3)11-13-25(23)29(27-5,28-6)26-14-12-20(4)22-16-18(2)8-10-24(22)26/h17-24H,7-16H2,1-6H3. The molecule has 8 unspecified atom stereocenters. The molecule has 5 heteroatoms. The Kier molecular flexibility index (Phi) is 6.83. The van der Waals surface area contributed by atoms with Crippen LogP contribution < -0.4 is 0 Å². The van der Waals surface area contributed by atoms with E-state index < -0.39 is 8.88 Å². The van der Waals surface area contributed by atoms with E-state index in [4.69, 9.17) is 8.85 Å². The molecular formula is C24H46N2O2Si. The largest absolute Gasteiger partial charge is 0.522 e. The van der Waals surface area contributed by atoms with Crippen LogP contribution in [0, 0.1) is 35.5 Å². The molecule has 2 heterocycles. The molecule has 4 fully saturated rings. The van der Waals surface area contributed by atoms with Crippen LogP contribution in [-0.4, -0.2) is 57.4 Å². The smallest absolute Gasteiger partial charge is 0.374 e. The summed E-state index contributed by atoms with van der Waals surface area (Å²) in [6, 6.07) is 1.31. The highest BCUT2D eigenvalue weighted by atomic mass is 28.4. The van der Waals surface area contributed by atoms with E-state index in [1.807, 2.05) is 14.2 Å². The maximum absolute atomic E-state index is 6.56. The quantitative estimate of drug-likeness (QED) is 0.595. The summed E-state index contributed by atoms with van der Waals surface area (Å²) in [6.07, 6.45) is 10.8. The van der Waals surface area contributed by atoms with Crippen molar-refractivity contribution < 1.29 is 8.85 Å². The fourth-order valence-electron chi connectivity index (χ4n) is 7.68. The molecule has 8 atom stereocenters. The van der Waals surface area contributed by atoms with E-state index in [9.17, 15) is 0 Å². The maximum Gasteiger partial charge on any atom is 0.522 e. The summed E-state index contributed by atoms with van der Waals surface area (Å²) in [5, 5.41) is 0. The first kappa shape index (κ1) is 22.3. The van der Waals surface area contributed by atoms with Crippen molar-refractivity contribution in [2.45, 2.75) is 91.1 Å². The average molecular weight is 423 g/mol. The molecule has 0 aromatic heterocycles. The molecule has 0 amide bonds. The zero-order valence-corrected chi connectivity index (χ0v) is 20.9. The average Bonchev–Trinajstić information content (AvgIpc) is 2.72. The topological polar surface area (TPSA) is 24.9 Å². The van der Waals surface area contributed by atoms with Crippen LogP contribution in [0.25, 0.3) is 0 Å². The SMILES string of the molecule is CO[Si](OC)(N1CCC(C)C2CC(C)CCC21)N1CCC(C)C2CC(C)CCC21. The van der Waals surface area contributed by atoms with Gasteiger partial charge in [-0.05, 0) is 100.0 Å². The van der Waals surface area contributed by atoms with E-state index in [0.717, 1.165) is 48.6 Å². The highest BCUT2D eigenvalue weighted by molar-refractivity contribution is 6.61. The number of hydrogen-bond donors (Lipinski definition) is 0. The van der Waals surface area contributed by atoms with Crippen molar-refractivity contribution in [2.75, 3.05) is 27.3 Å². The monoisotopic (exact) mass is 422 g/mol. The third-order valence-electron chi connectivity index (χ3n) is 9.42. The van der Waals surface area contributed by atoms with Gasteiger partial charge >= 0.3 is 8.88 Å². The molecule has 2 saturated heterocycles. The van der Waals surface area contributed by atoms with E-state index in [-0.39, 0.29) is 0 Å². The Morgan fingerprint density at radius 2 is 1.03 bits per heavy atom. The van der Waals surface area contributed by atoms with Crippen molar-refractivity contribution in [3.05, 3.63) is 0 Å². The Labute approximate surface area is 181 Å². The molecule has 0 aromatic rings. The van der Waals surface area contributed by atoms with Crippen LogP contribution in [0.2, 0.25) is 0 Å². The van der Waals surface area contributed by atoms with Gasteiger partial charge in [0.1, 0.15) is 0 Å². The third kappa shape index (κ3) is 3.88. The lowest BCUT2D eigenvalue weighted by Crippen LogP contribution is -2.77. The third-order valence-corrected chi connectivity index (χ3v) is 13.0. The van der Waals surface area contributed by atoms with Gasteiger partial charge in [0.15, 0.2) is 0 Å². The van der Waals surface area contributed by atoms with E-state index in [0.29, 0.717) is 12.1 Å². The van der Waals surface area contributed by atoms with Gasteiger partial charge in [0.05, 0.1) is 0 Å². The van der Waals surface area contributed by atoms with Crippen molar-refractivity contribution >= 4 is 8.88 Å².